The first-order chi connectivity index (χ1) is 9.00. The Kier molecular flexibility index (Phi) is 3.91. The van der Waals surface area contributed by atoms with Crippen LogP contribution in [0.2, 0.25) is 0 Å². The standard InChI is InChI=1S/C11H17BrN6O/c1-11(9(19)14-2)3-4-18(6-11)8-7(12)5-15-10(16-8)17-13/h5H,3-4,6,13H2,1-2H3,(H,14,19)(H,15,16,17). The topological polar surface area (TPSA) is 96.2 Å². The highest BCUT2D eigenvalue weighted by molar-refractivity contribution is 9.10. The van der Waals surface area contributed by atoms with Crippen LogP contribution in [0.3, 0.4) is 0 Å². The van der Waals surface area contributed by atoms with Crippen molar-refractivity contribution in [1.29, 1.82) is 0 Å². The monoisotopic (exact) mass is 328 g/mol. The number of halogens is 1. The summed E-state index contributed by atoms with van der Waals surface area (Å²) in [6, 6.07) is 0. The molecule has 2 rings (SSSR count). The van der Waals surface area contributed by atoms with Crippen LogP contribution in [0.5, 0.6) is 0 Å². The Balaban J connectivity index is 2.23. The Morgan fingerprint density at radius 3 is 3.00 bits per heavy atom. The molecule has 0 saturated carbocycles. The average molecular weight is 329 g/mol. The second kappa shape index (κ2) is 5.30. The van der Waals surface area contributed by atoms with E-state index in [4.69, 9.17) is 5.84 Å². The molecule has 7 nitrogen and oxygen atoms in total. The molecular formula is C11H17BrN6O. The van der Waals surface area contributed by atoms with E-state index in [2.05, 4.69) is 41.5 Å². The molecule has 1 amide bonds. The Morgan fingerprint density at radius 1 is 1.63 bits per heavy atom. The maximum absolute atomic E-state index is 11.9. The fourth-order valence-corrected chi connectivity index (χ4v) is 2.72. The Hall–Kier alpha value is -1.41. The van der Waals surface area contributed by atoms with Gasteiger partial charge in [-0.2, -0.15) is 4.98 Å². The predicted molar refractivity (Wildman–Crippen MR) is 76.5 cm³/mol. The molecule has 104 valence electrons. The van der Waals surface area contributed by atoms with E-state index in [1.807, 2.05) is 6.92 Å². The van der Waals surface area contributed by atoms with Crippen molar-refractivity contribution >= 4 is 33.6 Å². The number of hydrazine groups is 1. The molecular weight excluding hydrogens is 312 g/mol. The molecule has 1 aliphatic heterocycles. The lowest BCUT2D eigenvalue weighted by Crippen LogP contribution is -2.39. The first-order valence-electron chi connectivity index (χ1n) is 5.96. The number of carbonyl (C=O) groups excluding carboxylic acids is 1. The number of hydrogen-bond acceptors (Lipinski definition) is 6. The highest BCUT2D eigenvalue weighted by Crippen LogP contribution is 2.35. The Labute approximate surface area is 120 Å². The second-order valence-electron chi connectivity index (χ2n) is 4.82. The van der Waals surface area contributed by atoms with Crippen LogP contribution in [0.1, 0.15) is 13.3 Å². The average Bonchev–Trinajstić information content (AvgIpc) is 2.82. The van der Waals surface area contributed by atoms with Crippen molar-refractivity contribution in [3.8, 4) is 0 Å². The number of nitrogen functional groups attached to an aromatic ring is 1. The lowest BCUT2D eigenvalue weighted by Gasteiger charge is -2.23. The smallest absolute Gasteiger partial charge is 0.239 e. The SMILES string of the molecule is CNC(=O)C1(C)CCN(c2nc(NN)ncc2Br)C1. The molecule has 0 aliphatic carbocycles. The van der Waals surface area contributed by atoms with Gasteiger partial charge in [0.05, 0.1) is 9.89 Å². The zero-order valence-electron chi connectivity index (χ0n) is 10.9. The first-order valence-corrected chi connectivity index (χ1v) is 6.76. The van der Waals surface area contributed by atoms with Crippen LogP contribution in [0.25, 0.3) is 0 Å². The van der Waals surface area contributed by atoms with Gasteiger partial charge in [-0.15, -0.1) is 0 Å². The number of amides is 1. The van der Waals surface area contributed by atoms with E-state index in [-0.39, 0.29) is 5.91 Å². The third-order valence-electron chi connectivity index (χ3n) is 3.40. The van der Waals surface area contributed by atoms with Crippen LogP contribution < -0.4 is 21.5 Å². The molecule has 4 N–H and O–H groups in total. The van der Waals surface area contributed by atoms with Crippen LogP contribution in [-0.4, -0.2) is 36.0 Å². The van der Waals surface area contributed by atoms with Crippen molar-refractivity contribution in [3.05, 3.63) is 10.7 Å². The molecule has 1 fully saturated rings. The maximum atomic E-state index is 11.9. The molecule has 0 spiro atoms. The Morgan fingerprint density at radius 2 is 2.37 bits per heavy atom. The number of nitrogens with zero attached hydrogens (tertiary/aromatic N) is 3. The van der Waals surface area contributed by atoms with Crippen molar-refractivity contribution in [2.75, 3.05) is 30.5 Å². The van der Waals surface area contributed by atoms with Crippen molar-refractivity contribution in [3.63, 3.8) is 0 Å². The van der Waals surface area contributed by atoms with Gasteiger partial charge in [-0.25, -0.2) is 10.8 Å². The number of aromatic nitrogens is 2. The van der Waals surface area contributed by atoms with Gasteiger partial charge in [-0.05, 0) is 29.3 Å². The van der Waals surface area contributed by atoms with Gasteiger partial charge in [0.25, 0.3) is 0 Å². The predicted octanol–water partition coefficient (Wildman–Crippen LogP) is 0.487. The molecule has 0 bridgehead atoms. The largest absolute Gasteiger partial charge is 0.359 e. The van der Waals surface area contributed by atoms with Crippen LogP contribution in [0.4, 0.5) is 11.8 Å². The normalized spacial score (nSPS) is 22.4. The van der Waals surface area contributed by atoms with E-state index in [9.17, 15) is 4.79 Å². The quantitative estimate of drug-likeness (QED) is 0.552. The van der Waals surface area contributed by atoms with E-state index >= 15 is 0 Å². The van der Waals surface area contributed by atoms with Gasteiger partial charge >= 0.3 is 0 Å². The highest BCUT2D eigenvalue weighted by Gasteiger charge is 2.40. The summed E-state index contributed by atoms with van der Waals surface area (Å²) in [5, 5.41) is 2.71. The minimum absolute atomic E-state index is 0.0531. The maximum Gasteiger partial charge on any atom is 0.239 e. The fourth-order valence-electron chi connectivity index (χ4n) is 2.28. The molecule has 1 atom stereocenters. The third kappa shape index (κ3) is 2.64. The van der Waals surface area contributed by atoms with Crippen molar-refractivity contribution in [1.82, 2.24) is 15.3 Å². The van der Waals surface area contributed by atoms with Crippen LogP contribution in [-0.2, 0) is 4.79 Å². The van der Waals surface area contributed by atoms with Crippen molar-refractivity contribution in [2.45, 2.75) is 13.3 Å². The van der Waals surface area contributed by atoms with Crippen LogP contribution in [0, 0.1) is 5.41 Å². The zero-order chi connectivity index (χ0) is 14.0. The van der Waals surface area contributed by atoms with Crippen LogP contribution >= 0.6 is 15.9 Å². The van der Waals surface area contributed by atoms with Gasteiger partial charge in [-0.3, -0.25) is 10.2 Å². The first kappa shape index (κ1) is 14.0. The molecule has 1 aliphatic rings. The van der Waals surface area contributed by atoms with E-state index in [0.29, 0.717) is 12.5 Å². The van der Waals surface area contributed by atoms with Gasteiger partial charge in [0.2, 0.25) is 11.9 Å². The molecule has 0 aromatic carbocycles. The van der Waals surface area contributed by atoms with E-state index < -0.39 is 5.41 Å². The summed E-state index contributed by atoms with van der Waals surface area (Å²) >= 11 is 3.43. The van der Waals surface area contributed by atoms with Gasteiger partial charge in [0.15, 0.2) is 0 Å². The Bertz CT molecular complexity index is 496. The van der Waals surface area contributed by atoms with Crippen LogP contribution in [0.15, 0.2) is 10.7 Å². The number of rotatable bonds is 3. The summed E-state index contributed by atoms with van der Waals surface area (Å²) in [5.74, 6) is 6.47. The number of nitrogens with two attached hydrogens (primary N) is 1. The summed E-state index contributed by atoms with van der Waals surface area (Å²) in [6.07, 6.45) is 2.43. The summed E-state index contributed by atoms with van der Waals surface area (Å²) in [6.45, 7) is 3.35. The molecule has 1 unspecified atom stereocenters. The van der Waals surface area contributed by atoms with Crippen molar-refractivity contribution in [2.24, 2.45) is 11.3 Å². The van der Waals surface area contributed by atoms with Gasteiger partial charge in [-0.1, -0.05) is 0 Å². The molecule has 19 heavy (non-hydrogen) atoms. The summed E-state index contributed by atoms with van der Waals surface area (Å²) < 4.78 is 0.785. The van der Waals surface area contributed by atoms with Gasteiger partial charge in [0, 0.05) is 26.3 Å². The number of nitrogens with one attached hydrogen (secondary N) is 2. The number of anilines is 2. The summed E-state index contributed by atoms with van der Waals surface area (Å²) in [7, 11) is 1.66. The molecule has 2 heterocycles. The lowest BCUT2D eigenvalue weighted by molar-refractivity contribution is -0.128. The summed E-state index contributed by atoms with van der Waals surface area (Å²) in [5.41, 5.74) is 2.03. The van der Waals surface area contributed by atoms with E-state index in [0.717, 1.165) is 23.3 Å². The molecule has 0 radical (unpaired) electrons. The lowest BCUT2D eigenvalue weighted by atomic mass is 9.89. The fraction of sp³-hybridized carbons (Fsp3) is 0.545. The van der Waals surface area contributed by atoms with E-state index in [1.165, 1.54) is 0 Å². The number of carbonyl (C=O) groups is 1. The van der Waals surface area contributed by atoms with Gasteiger partial charge in [0.1, 0.15) is 5.82 Å². The number of hydrogen-bond donors (Lipinski definition) is 3. The molecule has 1 aromatic rings. The zero-order valence-corrected chi connectivity index (χ0v) is 12.5. The van der Waals surface area contributed by atoms with Gasteiger partial charge < -0.3 is 10.2 Å². The molecule has 1 saturated heterocycles. The molecule has 1 aromatic heterocycles. The third-order valence-corrected chi connectivity index (χ3v) is 3.96. The summed E-state index contributed by atoms with van der Waals surface area (Å²) in [4.78, 5) is 22.3. The highest BCUT2D eigenvalue weighted by atomic mass is 79.9. The minimum atomic E-state index is -0.393. The minimum Gasteiger partial charge on any atom is -0.359 e. The van der Waals surface area contributed by atoms with E-state index in [1.54, 1.807) is 13.2 Å². The second-order valence-corrected chi connectivity index (χ2v) is 5.68. The molecule has 8 heteroatoms. The van der Waals surface area contributed by atoms with Crippen molar-refractivity contribution < 1.29 is 4.79 Å².